The van der Waals surface area contributed by atoms with Crippen molar-refractivity contribution in [2.45, 2.75) is 0 Å². The Kier molecular flexibility index (Phi) is 2.98. The Bertz CT molecular complexity index is 1050. The number of furan rings is 1. The van der Waals surface area contributed by atoms with Crippen LogP contribution in [0.1, 0.15) is 10.4 Å². The molecule has 0 atom stereocenters. The second-order valence-corrected chi connectivity index (χ2v) is 5.23. The van der Waals surface area contributed by atoms with Gasteiger partial charge in [0.1, 0.15) is 17.2 Å². The second kappa shape index (κ2) is 5.02. The van der Waals surface area contributed by atoms with E-state index >= 15 is 0 Å². The minimum absolute atomic E-state index is 0.0594. The number of aldehydes is 1. The van der Waals surface area contributed by atoms with Crippen molar-refractivity contribution in [2.24, 2.45) is 0 Å². The molecule has 0 amide bonds. The zero-order valence-electron chi connectivity index (χ0n) is 11.8. The van der Waals surface area contributed by atoms with Gasteiger partial charge < -0.3 is 4.42 Å². The van der Waals surface area contributed by atoms with Crippen molar-refractivity contribution >= 4 is 28.2 Å². The predicted octanol–water partition coefficient (Wildman–Crippen LogP) is 5.34. The smallest absolute Gasteiger partial charge is 0.156 e. The number of hydrogen-bond acceptors (Lipinski definition) is 2. The highest BCUT2D eigenvalue weighted by molar-refractivity contribution is 6.13. The highest BCUT2D eigenvalue weighted by atomic mass is 19.1. The highest BCUT2D eigenvalue weighted by Crippen LogP contribution is 2.38. The lowest BCUT2D eigenvalue weighted by atomic mass is 10.0. The number of halogens is 2. The maximum absolute atomic E-state index is 14.2. The average Bonchev–Trinajstić information content (AvgIpc) is 2.95. The molecule has 0 saturated carbocycles. The first-order chi connectivity index (χ1) is 11.2. The summed E-state index contributed by atoms with van der Waals surface area (Å²) in [5.41, 5.74) is 1.76. The normalized spacial score (nSPS) is 11.2. The van der Waals surface area contributed by atoms with Crippen molar-refractivity contribution in [1.82, 2.24) is 0 Å². The lowest BCUT2D eigenvalue weighted by Crippen LogP contribution is -1.90. The summed E-state index contributed by atoms with van der Waals surface area (Å²) in [7, 11) is 0. The first kappa shape index (κ1) is 13.6. The summed E-state index contributed by atoms with van der Waals surface area (Å²) in [6.45, 7) is 0. The summed E-state index contributed by atoms with van der Waals surface area (Å²) in [4.78, 5) is 11.2. The van der Waals surface area contributed by atoms with Gasteiger partial charge in [-0.2, -0.15) is 0 Å². The number of hydrogen-bond donors (Lipinski definition) is 0. The van der Waals surface area contributed by atoms with E-state index in [1.165, 1.54) is 0 Å². The van der Waals surface area contributed by atoms with Crippen LogP contribution in [0.5, 0.6) is 0 Å². The molecule has 2 nitrogen and oxygen atoms in total. The van der Waals surface area contributed by atoms with Crippen molar-refractivity contribution in [1.29, 1.82) is 0 Å². The molecule has 0 N–H and O–H groups in total. The van der Waals surface area contributed by atoms with Crippen LogP contribution in [0, 0.1) is 11.6 Å². The standard InChI is InChI=1S/C19H10F2O2/c20-15-9-16(21)17-13-8-4-7-12(11-5-2-1-3-6-11)18(13)23-19(17)14(15)10-22/h1-10H. The minimum Gasteiger partial charge on any atom is -0.454 e. The first-order valence-electron chi connectivity index (χ1n) is 7.04. The number of carbonyl (C=O) groups excluding carboxylic acids is 1. The lowest BCUT2D eigenvalue weighted by Gasteiger charge is -2.01. The summed E-state index contributed by atoms with van der Waals surface area (Å²) in [5, 5.41) is 0.642. The molecular formula is C19H10F2O2. The van der Waals surface area contributed by atoms with Crippen LogP contribution < -0.4 is 0 Å². The Morgan fingerprint density at radius 2 is 1.65 bits per heavy atom. The van der Waals surface area contributed by atoms with E-state index in [4.69, 9.17) is 4.42 Å². The van der Waals surface area contributed by atoms with Gasteiger partial charge in [-0.05, 0) is 5.56 Å². The Labute approximate surface area is 130 Å². The van der Waals surface area contributed by atoms with Crippen molar-refractivity contribution in [2.75, 3.05) is 0 Å². The van der Waals surface area contributed by atoms with E-state index in [1.54, 1.807) is 12.1 Å². The lowest BCUT2D eigenvalue weighted by molar-refractivity contribution is 0.112. The molecule has 112 valence electrons. The van der Waals surface area contributed by atoms with Gasteiger partial charge >= 0.3 is 0 Å². The summed E-state index contributed by atoms with van der Waals surface area (Å²) < 4.78 is 33.8. The molecule has 1 aromatic heterocycles. The summed E-state index contributed by atoms with van der Waals surface area (Å²) in [6, 6.07) is 15.5. The molecular weight excluding hydrogens is 298 g/mol. The molecule has 4 rings (SSSR count). The monoisotopic (exact) mass is 308 g/mol. The maximum atomic E-state index is 14.2. The van der Waals surface area contributed by atoms with Crippen LogP contribution in [0.15, 0.2) is 59.0 Å². The quantitative estimate of drug-likeness (QED) is 0.468. The number of para-hydroxylation sites is 1. The molecule has 23 heavy (non-hydrogen) atoms. The van der Waals surface area contributed by atoms with Crippen molar-refractivity contribution in [3.63, 3.8) is 0 Å². The third-order valence-electron chi connectivity index (χ3n) is 3.91. The molecule has 0 unspecified atom stereocenters. The molecule has 0 spiro atoms. The summed E-state index contributed by atoms with van der Waals surface area (Å²) in [5.74, 6) is -1.67. The highest BCUT2D eigenvalue weighted by Gasteiger charge is 2.20. The molecule has 0 bridgehead atoms. The molecule has 0 saturated heterocycles. The van der Waals surface area contributed by atoms with Crippen LogP contribution in [-0.2, 0) is 0 Å². The average molecular weight is 308 g/mol. The Morgan fingerprint density at radius 1 is 0.870 bits per heavy atom. The van der Waals surface area contributed by atoms with E-state index in [-0.39, 0.29) is 16.5 Å². The fourth-order valence-corrected chi connectivity index (χ4v) is 2.87. The van der Waals surface area contributed by atoms with Crippen LogP contribution >= 0.6 is 0 Å². The van der Waals surface area contributed by atoms with Gasteiger partial charge in [0.05, 0.1) is 10.9 Å². The van der Waals surface area contributed by atoms with Gasteiger partial charge in [0.15, 0.2) is 11.9 Å². The van der Waals surface area contributed by atoms with Crippen LogP contribution in [0.3, 0.4) is 0 Å². The third-order valence-corrected chi connectivity index (χ3v) is 3.91. The van der Waals surface area contributed by atoms with Crippen molar-refractivity contribution < 1.29 is 18.0 Å². The summed E-state index contributed by atoms with van der Waals surface area (Å²) >= 11 is 0. The van der Waals surface area contributed by atoms with Gasteiger partial charge in [0, 0.05) is 17.0 Å². The van der Waals surface area contributed by atoms with Crippen molar-refractivity contribution in [3.05, 3.63) is 71.8 Å². The van der Waals surface area contributed by atoms with E-state index < -0.39 is 11.6 Å². The zero-order chi connectivity index (χ0) is 16.0. The van der Waals surface area contributed by atoms with Crippen LogP contribution in [0.2, 0.25) is 0 Å². The van der Waals surface area contributed by atoms with Gasteiger partial charge in [-0.3, -0.25) is 4.79 Å². The number of fused-ring (bicyclic) bond motifs is 3. The van der Waals surface area contributed by atoms with Gasteiger partial charge in [-0.15, -0.1) is 0 Å². The van der Waals surface area contributed by atoms with Crippen LogP contribution in [0.25, 0.3) is 33.1 Å². The molecule has 0 aliphatic carbocycles. The molecule has 0 aliphatic rings. The molecule has 1 heterocycles. The van der Waals surface area contributed by atoms with E-state index in [9.17, 15) is 13.6 Å². The van der Waals surface area contributed by atoms with Crippen LogP contribution in [-0.4, -0.2) is 6.29 Å². The Hall–Kier alpha value is -3.01. The van der Waals surface area contributed by atoms with Gasteiger partial charge in [-0.25, -0.2) is 8.78 Å². The molecule has 0 radical (unpaired) electrons. The SMILES string of the molecule is O=Cc1c(F)cc(F)c2c1oc1c(-c3ccccc3)cccc12. The molecule has 0 aliphatic heterocycles. The molecule has 3 aromatic carbocycles. The van der Waals surface area contributed by atoms with Gasteiger partial charge in [-0.1, -0.05) is 48.5 Å². The van der Waals surface area contributed by atoms with E-state index in [2.05, 4.69) is 0 Å². The third kappa shape index (κ3) is 1.95. The van der Waals surface area contributed by atoms with E-state index in [0.29, 0.717) is 17.3 Å². The second-order valence-electron chi connectivity index (χ2n) is 5.23. The molecule has 4 heteroatoms. The maximum Gasteiger partial charge on any atom is 0.156 e. The fourth-order valence-electron chi connectivity index (χ4n) is 2.87. The predicted molar refractivity (Wildman–Crippen MR) is 84.5 cm³/mol. The largest absolute Gasteiger partial charge is 0.454 e. The topological polar surface area (TPSA) is 30.2 Å². The van der Waals surface area contributed by atoms with E-state index in [1.807, 2.05) is 36.4 Å². The van der Waals surface area contributed by atoms with Crippen molar-refractivity contribution in [3.8, 4) is 11.1 Å². The number of benzene rings is 3. The minimum atomic E-state index is -0.926. The zero-order valence-corrected chi connectivity index (χ0v) is 11.8. The molecule has 4 aromatic rings. The number of rotatable bonds is 2. The van der Waals surface area contributed by atoms with E-state index in [0.717, 1.165) is 17.2 Å². The Balaban J connectivity index is 2.18. The Morgan fingerprint density at radius 3 is 2.39 bits per heavy atom. The van der Waals surface area contributed by atoms with Gasteiger partial charge in [0.2, 0.25) is 0 Å². The van der Waals surface area contributed by atoms with Gasteiger partial charge in [0.25, 0.3) is 0 Å². The number of carbonyl (C=O) groups is 1. The van der Waals surface area contributed by atoms with Crippen LogP contribution in [0.4, 0.5) is 8.78 Å². The first-order valence-corrected chi connectivity index (χ1v) is 7.04. The molecule has 0 fully saturated rings. The summed E-state index contributed by atoms with van der Waals surface area (Å²) in [6.07, 6.45) is 0.349. The fraction of sp³-hybridized carbons (Fsp3) is 0.